The number of halogens is 3. The van der Waals surface area contributed by atoms with Crippen LogP contribution >= 0.6 is 0 Å². The van der Waals surface area contributed by atoms with Gasteiger partial charge < -0.3 is 23.9 Å². The lowest BCUT2D eigenvalue weighted by atomic mass is 10.1. The van der Waals surface area contributed by atoms with E-state index in [4.69, 9.17) is 13.9 Å². The first-order chi connectivity index (χ1) is 14.7. The summed E-state index contributed by atoms with van der Waals surface area (Å²) in [7, 11) is 1.52. The van der Waals surface area contributed by atoms with Crippen molar-refractivity contribution < 1.29 is 36.6 Å². The molecule has 0 aliphatic rings. The van der Waals surface area contributed by atoms with Gasteiger partial charge in [0.1, 0.15) is 17.1 Å². The molecule has 0 saturated heterocycles. The predicted octanol–water partition coefficient (Wildman–Crippen LogP) is 3.50. The molecule has 1 amide bonds. The van der Waals surface area contributed by atoms with E-state index >= 15 is 0 Å². The van der Waals surface area contributed by atoms with Gasteiger partial charge in [-0.25, -0.2) is 4.79 Å². The number of amides is 1. The lowest BCUT2D eigenvalue weighted by molar-refractivity contribution is -0.274. The molecule has 164 valence electrons. The number of alkyl halides is 3. The standard InChI is InChI=1S/C21H18F3NO6/c1-28-9-8-25-19(26)12-29-16-7-4-14-10-17(20(27)30-18(14)11-16)13-2-5-15(6-3-13)31-21(22,23)24/h2-7,10-11H,8-9,12H2,1H3,(H,25,26). The minimum atomic E-state index is -4.80. The van der Waals surface area contributed by atoms with Crippen molar-refractivity contribution in [2.75, 3.05) is 26.9 Å². The second-order valence-corrected chi connectivity index (χ2v) is 6.35. The molecule has 2 aromatic carbocycles. The van der Waals surface area contributed by atoms with Crippen LogP contribution in [0.3, 0.4) is 0 Å². The van der Waals surface area contributed by atoms with Gasteiger partial charge in [-0.15, -0.1) is 13.2 Å². The monoisotopic (exact) mass is 437 g/mol. The summed E-state index contributed by atoms with van der Waals surface area (Å²) < 4.78 is 56.2. The van der Waals surface area contributed by atoms with E-state index in [9.17, 15) is 22.8 Å². The highest BCUT2D eigenvalue weighted by molar-refractivity contribution is 5.83. The Balaban J connectivity index is 1.74. The highest BCUT2D eigenvalue weighted by Crippen LogP contribution is 2.27. The molecule has 31 heavy (non-hydrogen) atoms. The van der Waals surface area contributed by atoms with E-state index in [1.807, 2.05) is 0 Å². The Bertz CT molecular complexity index is 1110. The van der Waals surface area contributed by atoms with Crippen LogP contribution in [0.4, 0.5) is 13.2 Å². The average molecular weight is 437 g/mol. The van der Waals surface area contributed by atoms with Crippen molar-refractivity contribution in [3.8, 4) is 22.6 Å². The number of nitrogens with one attached hydrogen (secondary N) is 1. The summed E-state index contributed by atoms with van der Waals surface area (Å²) in [4.78, 5) is 24.1. The van der Waals surface area contributed by atoms with Gasteiger partial charge in [0.25, 0.3) is 5.91 Å². The van der Waals surface area contributed by atoms with E-state index in [2.05, 4.69) is 10.1 Å². The predicted molar refractivity (Wildman–Crippen MR) is 105 cm³/mol. The number of hydrogen-bond donors (Lipinski definition) is 1. The van der Waals surface area contributed by atoms with Gasteiger partial charge in [-0.05, 0) is 35.9 Å². The maximum atomic E-state index is 12.4. The van der Waals surface area contributed by atoms with E-state index in [0.717, 1.165) is 12.1 Å². The lowest BCUT2D eigenvalue weighted by Crippen LogP contribution is -2.31. The summed E-state index contributed by atoms with van der Waals surface area (Å²) >= 11 is 0. The molecule has 3 aromatic rings. The van der Waals surface area contributed by atoms with Gasteiger partial charge in [-0.3, -0.25) is 4.79 Å². The van der Waals surface area contributed by atoms with Crippen LogP contribution < -0.4 is 20.4 Å². The Hall–Kier alpha value is -3.53. The smallest absolute Gasteiger partial charge is 0.484 e. The molecule has 0 bridgehead atoms. The third kappa shape index (κ3) is 6.22. The Labute approximate surface area is 174 Å². The molecule has 10 heteroatoms. The molecular formula is C21H18F3NO6. The first-order valence-electron chi connectivity index (χ1n) is 9.08. The molecule has 3 rings (SSSR count). The normalized spacial score (nSPS) is 11.4. The third-order valence-electron chi connectivity index (χ3n) is 4.10. The van der Waals surface area contributed by atoms with E-state index in [0.29, 0.717) is 29.9 Å². The van der Waals surface area contributed by atoms with Gasteiger partial charge in [0.05, 0.1) is 12.2 Å². The van der Waals surface area contributed by atoms with Crippen molar-refractivity contribution in [2.24, 2.45) is 0 Å². The van der Waals surface area contributed by atoms with Crippen LogP contribution in [0.25, 0.3) is 22.1 Å². The van der Waals surface area contributed by atoms with Gasteiger partial charge in [0, 0.05) is 25.1 Å². The Morgan fingerprint density at radius 1 is 1.06 bits per heavy atom. The van der Waals surface area contributed by atoms with Crippen LogP contribution in [0, 0.1) is 0 Å². The van der Waals surface area contributed by atoms with Crippen molar-refractivity contribution in [3.63, 3.8) is 0 Å². The Kier molecular flexibility index (Phi) is 6.81. The fraction of sp³-hybridized carbons (Fsp3) is 0.238. The van der Waals surface area contributed by atoms with Crippen molar-refractivity contribution in [1.29, 1.82) is 0 Å². The minimum absolute atomic E-state index is 0.178. The molecule has 1 heterocycles. The van der Waals surface area contributed by atoms with Crippen molar-refractivity contribution in [1.82, 2.24) is 5.32 Å². The molecule has 7 nitrogen and oxygen atoms in total. The second-order valence-electron chi connectivity index (χ2n) is 6.35. The number of rotatable bonds is 8. The number of benzene rings is 2. The zero-order valence-corrected chi connectivity index (χ0v) is 16.3. The maximum absolute atomic E-state index is 12.4. The Morgan fingerprint density at radius 2 is 1.77 bits per heavy atom. The largest absolute Gasteiger partial charge is 0.573 e. The fourth-order valence-electron chi connectivity index (χ4n) is 2.71. The Morgan fingerprint density at radius 3 is 2.45 bits per heavy atom. The summed E-state index contributed by atoms with van der Waals surface area (Å²) in [5.74, 6) is -0.389. The van der Waals surface area contributed by atoms with E-state index in [1.54, 1.807) is 18.2 Å². The molecule has 1 aromatic heterocycles. The van der Waals surface area contributed by atoms with Gasteiger partial charge in [-0.2, -0.15) is 0 Å². The van der Waals surface area contributed by atoms with E-state index in [-0.39, 0.29) is 23.7 Å². The summed E-state index contributed by atoms with van der Waals surface area (Å²) in [6.07, 6.45) is -4.80. The van der Waals surface area contributed by atoms with Gasteiger partial charge in [0.15, 0.2) is 6.61 Å². The van der Waals surface area contributed by atoms with Crippen LogP contribution in [-0.4, -0.2) is 39.1 Å². The fourth-order valence-corrected chi connectivity index (χ4v) is 2.71. The number of carbonyl (C=O) groups excluding carboxylic acids is 1. The highest BCUT2D eigenvalue weighted by atomic mass is 19.4. The van der Waals surface area contributed by atoms with Gasteiger partial charge in [-0.1, -0.05) is 12.1 Å². The minimum Gasteiger partial charge on any atom is -0.484 e. The molecule has 0 unspecified atom stereocenters. The molecule has 1 N–H and O–H groups in total. The number of fused-ring (bicyclic) bond motifs is 1. The molecule has 0 aliphatic carbocycles. The van der Waals surface area contributed by atoms with E-state index < -0.39 is 17.7 Å². The highest BCUT2D eigenvalue weighted by Gasteiger charge is 2.31. The van der Waals surface area contributed by atoms with Crippen molar-refractivity contribution in [2.45, 2.75) is 6.36 Å². The summed E-state index contributed by atoms with van der Waals surface area (Å²) in [6, 6.07) is 11.2. The lowest BCUT2D eigenvalue weighted by Gasteiger charge is -2.10. The van der Waals surface area contributed by atoms with Crippen molar-refractivity contribution >= 4 is 16.9 Å². The zero-order chi connectivity index (χ0) is 22.4. The van der Waals surface area contributed by atoms with Crippen molar-refractivity contribution in [3.05, 3.63) is 59.0 Å². The average Bonchev–Trinajstić information content (AvgIpc) is 2.71. The number of methoxy groups -OCH3 is 1. The van der Waals surface area contributed by atoms with Crippen LogP contribution in [0.15, 0.2) is 57.7 Å². The number of ether oxygens (including phenoxy) is 3. The second kappa shape index (κ2) is 9.52. The van der Waals surface area contributed by atoms with Crippen LogP contribution in [0.2, 0.25) is 0 Å². The van der Waals surface area contributed by atoms with Gasteiger partial charge >= 0.3 is 12.0 Å². The SMILES string of the molecule is COCCNC(=O)COc1ccc2cc(-c3ccc(OC(F)(F)F)cc3)c(=O)oc2c1. The quantitative estimate of drug-likeness (QED) is 0.429. The topological polar surface area (TPSA) is 87.0 Å². The zero-order valence-electron chi connectivity index (χ0n) is 16.3. The first kappa shape index (κ1) is 22.2. The third-order valence-corrected chi connectivity index (χ3v) is 4.10. The number of hydrogen-bond acceptors (Lipinski definition) is 6. The van der Waals surface area contributed by atoms with Gasteiger partial charge in [0.2, 0.25) is 0 Å². The molecule has 0 saturated carbocycles. The molecule has 0 spiro atoms. The van der Waals surface area contributed by atoms with Crippen LogP contribution in [0.5, 0.6) is 11.5 Å². The molecule has 0 fully saturated rings. The van der Waals surface area contributed by atoms with Crippen LogP contribution in [0.1, 0.15) is 0 Å². The van der Waals surface area contributed by atoms with Crippen LogP contribution in [-0.2, 0) is 9.53 Å². The molecular weight excluding hydrogens is 419 g/mol. The summed E-state index contributed by atoms with van der Waals surface area (Å²) in [5, 5.41) is 3.18. The molecule has 0 atom stereocenters. The number of carbonyl (C=O) groups is 1. The summed E-state index contributed by atoms with van der Waals surface area (Å²) in [5.41, 5.74) is 0.116. The summed E-state index contributed by atoms with van der Waals surface area (Å²) in [6.45, 7) is 0.522. The first-order valence-corrected chi connectivity index (χ1v) is 9.08. The van der Waals surface area contributed by atoms with E-state index in [1.165, 1.54) is 25.3 Å². The molecule has 0 radical (unpaired) electrons. The maximum Gasteiger partial charge on any atom is 0.573 e. The molecule has 0 aliphatic heterocycles.